The molecule has 1 amide bonds. The van der Waals surface area contributed by atoms with Crippen LogP contribution in [0.4, 0.5) is 20.3 Å². The Balaban J connectivity index is 1.23. The second-order valence-electron chi connectivity index (χ2n) is 14.6. The first-order valence-corrected chi connectivity index (χ1v) is 17.9. The van der Waals surface area contributed by atoms with Gasteiger partial charge in [-0.05, 0) is 62.6 Å². The van der Waals surface area contributed by atoms with Crippen molar-refractivity contribution in [3.63, 3.8) is 0 Å². The van der Waals surface area contributed by atoms with Gasteiger partial charge in [-0.3, -0.25) is 9.69 Å². The standard InChI is InChI=1S/C39H46F2N6O4/c1-5-30-32(41)10-9-25-18-29(48)19-34(36(25)30)45-15-11-31-33(23-45)42-38(43-37(31)44(4)22-28-8-7-14-46(28)35(49)6-2)51-24-39(3)20-26(40)21-47(39)27-12-16-50-17-13-27/h1,6,9-10,18-19,26-28,48H,2,7-8,11-17,20-24H2,3-4H3/t26-,28+,39+/m1/s1. The smallest absolute Gasteiger partial charge is 0.318 e. The second-order valence-corrected chi connectivity index (χ2v) is 14.6. The number of aromatic hydroxyl groups is 1. The van der Waals surface area contributed by atoms with Crippen LogP contribution in [-0.2, 0) is 22.5 Å². The Bertz CT molecular complexity index is 1860. The van der Waals surface area contributed by atoms with Gasteiger partial charge in [0.25, 0.3) is 0 Å². The van der Waals surface area contributed by atoms with Crippen molar-refractivity contribution < 1.29 is 28.2 Å². The highest BCUT2D eigenvalue weighted by molar-refractivity contribution is 6.00. The van der Waals surface area contributed by atoms with Crippen molar-refractivity contribution in [2.45, 2.75) is 75.8 Å². The van der Waals surface area contributed by atoms with Gasteiger partial charge < -0.3 is 29.3 Å². The van der Waals surface area contributed by atoms with E-state index < -0.39 is 17.5 Å². The molecule has 0 aliphatic carbocycles. The monoisotopic (exact) mass is 700 g/mol. The first kappa shape index (κ1) is 35.0. The summed E-state index contributed by atoms with van der Waals surface area (Å²) in [6.45, 7) is 9.75. The lowest BCUT2D eigenvalue weighted by molar-refractivity contribution is -0.126. The molecule has 7 rings (SSSR count). The molecule has 0 saturated carbocycles. The number of fused-ring (bicyclic) bond motifs is 2. The minimum absolute atomic E-state index is 0.00164. The lowest BCUT2D eigenvalue weighted by Gasteiger charge is -2.41. The van der Waals surface area contributed by atoms with Gasteiger partial charge in [0, 0.05) is 87.6 Å². The number of carbonyl (C=O) groups is 1. The van der Waals surface area contributed by atoms with Crippen LogP contribution in [0.25, 0.3) is 10.8 Å². The summed E-state index contributed by atoms with van der Waals surface area (Å²) in [5.41, 5.74) is 1.89. The summed E-state index contributed by atoms with van der Waals surface area (Å²) >= 11 is 0. The zero-order valence-corrected chi connectivity index (χ0v) is 29.4. The summed E-state index contributed by atoms with van der Waals surface area (Å²) in [4.78, 5) is 30.8. The quantitative estimate of drug-likeness (QED) is 0.245. The molecule has 270 valence electrons. The predicted octanol–water partition coefficient (Wildman–Crippen LogP) is 4.99. The predicted molar refractivity (Wildman–Crippen MR) is 192 cm³/mol. The molecule has 5 heterocycles. The van der Waals surface area contributed by atoms with Crippen molar-refractivity contribution >= 4 is 28.2 Å². The Morgan fingerprint density at radius 2 is 2.06 bits per heavy atom. The molecule has 0 spiro atoms. The van der Waals surface area contributed by atoms with E-state index in [1.165, 1.54) is 12.1 Å². The summed E-state index contributed by atoms with van der Waals surface area (Å²) in [5, 5.41) is 11.9. The molecule has 1 N–H and O–H groups in total. The number of ether oxygens (including phenoxy) is 2. The SMILES string of the molecule is C#Cc1c(F)ccc2cc(O)cc(N3CCc4c(nc(OC[C@]5(C)C[C@@H](F)CN5C5CCOCC5)nc4N(C)C[C@@H]4CCCN4C(=O)C=C)C3)c12. The van der Waals surface area contributed by atoms with Crippen molar-refractivity contribution in [1.29, 1.82) is 0 Å². The maximum Gasteiger partial charge on any atom is 0.318 e. The van der Waals surface area contributed by atoms with E-state index in [0.29, 0.717) is 81.1 Å². The number of anilines is 2. The second kappa shape index (κ2) is 14.3. The molecule has 1 aromatic heterocycles. The fourth-order valence-electron chi connectivity index (χ4n) is 8.64. The van der Waals surface area contributed by atoms with Crippen molar-refractivity contribution in [2.24, 2.45) is 0 Å². The number of hydrogen-bond acceptors (Lipinski definition) is 9. The topological polar surface area (TPSA) is 94.5 Å². The van der Waals surface area contributed by atoms with E-state index in [0.717, 1.165) is 36.9 Å². The third-order valence-corrected chi connectivity index (χ3v) is 11.1. The Morgan fingerprint density at radius 3 is 2.82 bits per heavy atom. The molecule has 0 unspecified atom stereocenters. The first-order chi connectivity index (χ1) is 24.6. The Morgan fingerprint density at radius 1 is 1.25 bits per heavy atom. The molecule has 4 aliphatic heterocycles. The molecule has 4 aliphatic rings. The van der Waals surface area contributed by atoms with E-state index in [-0.39, 0.29) is 41.9 Å². The van der Waals surface area contributed by atoms with Gasteiger partial charge in [-0.15, -0.1) is 6.42 Å². The molecule has 3 saturated heterocycles. The zero-order valence-electron chi connectivity index (χ0n) is 29.4. The van der Waals surface area contributed by atoms with Crippen molar-refractivity contribution in [2.75, 3.05) is 62.8 Å². The highest BCUT2D eigenvalue weighted by atomic mass is 19.1. The van der Waals surface area contributed by atoms with Gasteiger partial charge in [0.15, 0.2) is 0 Å². The van der Waals surface area contributed by atoms with Crippen LogP contribution in [0.5, 0.6) is 11.8 Å². The average molecular weight is 701 g/mol. The number of rotatable bonds is 9. The van der Waals surface area contributed by atoms with Crippen molar-refractivity contribution in [1.82, 2.24) is 19.8 Å². The van der Waals surface area contributed by atoms with Gasteiger partial charge in [0.05, 0.1) is 23.3 Å². The zero-order chi connectivity index (χ0) is 35.9. The molecule has 2 aromatic carbocycles. The summed E-state index contributed by atoms with van der Waals surface area (Å²) in [7, 11) is 1.97. The molecular weight excluding hydrogens is 654 g/mol. The minimum Gasteiger partial charge on any atom is -0.508 e. The van der Waals surface area contributed by atoms with Gasteiger partial charge in [-0.1, -0.05) is 18.6 Å². The molecule has 0 bridgehead atoms. The number of phenolic OH excluding ortho intramolecular Hbond substituents is 1. The molecule has 12 heteroatoms. The van der Waals surface area contributed by atoms with E-state index in [9.17, 15) is 14.3 Å². The maximum absolute atomic E-state index is 15.0. The number of nitrogens with zero attached hydrogens (tertiary/aromatic N) is 6. The number of benzene rings is 2. The van der Waals surface area contributed by atoms with Crippen LogP contribution in [0.1, 0.15) is 55.8 Å². The number of halogens is 2. The Labute approximate surface area is 298 Å². The summed E-state index contributed by atoms with van der Waals surface area (Å²) in [6, 6.07) is 6.54. The van der Waals surface area contributed by atoms with E-state index in [2.05, 4.69) is 29.2 Å². The number of aromatic nitrogens is 2. The van der Waals surface area contributed by atoms with Crippen LogP contribution < -0.4 is 14.5 Å². The molecule has 10 nitrogen and oxygen atoms in total. The van der Waals surface area contributed by atoms with Gasteiger partial charge in [0.1, 0.15) is 30.2 Å². The Hall–Kier alpha value is -4.47. The molecule has 3 fully saturated rings. The van der Waals surface area contributed by atoms with Crippen LogP contribution in [0, 0.1) is 18.2 Å². The highest BCUT2D eigenvalue weighted by Crippen LogP contribution is 2.40. The summed E-state index contributed by atoms with van der Waals surface area (Å²) in [5.74, 6) is 2.68. The first-order valence-electron chi connectivity index (χ1n) is 17.9. The molecule has 3 atom stereocenters. The normalized spacial score (nSPS) is 24.1. The number of carbonyl (C=O) groups excluding carboxylic acids is 1. The number of likely N-dealkylation sites (N-methyl/N-ethyl adjacent to an activating group) is 1. The maximum atomic E-state index is 15.0. The Kier molecular flexibility index (Phi) is 9.78. The summed E-state index contributed by atoms with van der Waals surface area (Å²) < 4.78 is 42.0. The largest absolute Gasteiger partial charge is 0.508 e. The number of likely N-dealkylation sites (tertiary alicyclic amines) is 2. The lowest BCUT2D eigenvalue weighted by Crippen LogP contribution is -2.52. The molecule has 51 heavy (non-hydrogen) atoms. The molecule has 0 radical (unpaired) electrons. The van der Waals surface area contributed by atoms with Crippen molar-refractivity contribution in [3.8, 4) is 24.1 Å². The number of hydrogen-bond donors (Lipinski definition) is 1. The van der Waals surface area contributed by atoms with Gasteiger partial charge in [0.2, 0.25) is 5.91 Å². The van der Waals surface area contributed by atoms with Crippen LogP contribution in [-0.4, -0.2) is 108 Å². The average Bonchev–Trinajstić information content (AvgIpc) is 3.72. The lowest BCUT2D eigenvalue weighted by atomic mass is 9.96. The third kappa shape index (κ3) is 6.81. The van der Waals surface area contributed by atoms with E-state index in [1.807, 2.05) is 16.8 Å². The van der Waals surface area contributed by atoms with Crippen LogP contribution >= 0.6 is 0 Å². The molecular formula is C39H46F2N6O4. The number of alkyl halides is 1. The summed E-state index contributed by atoms with van der Waals surface area (Å²) in [6.07, 6.45) is 10.6. The fraction of sp³-hybridized carbons (Fsp3) is 0.513. The van der Waals surface area contributed by atoms with E-state index in [1.54, 1.807) is 18.2 Å². The van der Waals surface area contributed by atoms with Crippen LogP contribution in [0.2, 0.25) is 0 Å². The van der Waals surface area contributed by atoms with Gasteiger partial charge in [-0.25, -0.2) is 8.78 Å². The van der Waals surface area contributed by atoms with Crippen molar-refractivity contribution in [3.05, 3.63) is 59.6 Å². The number of terminal acetylenes is 1. The minimum atomic E-state index is -0.955. The highest BCUT2D eigenvalue weighted by Gasteiger charge is 2.46. The van der Waals surface area contributed by atoms with Gasteiger partial charge in [-0.2, -0.15) is 9.97 Å². The van der Waals surface area contributed by atoms with E-state index >= 15 is 4.39 Å². The van der Waals surface area contributed by atoms with Gasteiger partial charge >= 0.3 is 6.01 Å². The fourth-order valence-corrected chi connectivity index (χ4v) is 8.64. The molecule has 3 aromatic rings. The third-order valence-electron chi connectivity index (χ3n) is 11.1. The van der Waals surface area contributed by atoms with E-state index in [4.69, 9.17) is 25.9 Å². The van der Waals surface area contributed by atoms with Crippen LogP contribution in [0.3, 0.4) is 0 Å². The number of amides is 1. The van der Waals surface area contributed by atoms with Crippen LogP contribution in [0.15, 0.2) is 36.9 Å². The number of phenols is 1.